The van der Waals surface area contributed by atoms with Gasteiger partial charge in [-0.15, -0.1) is 0 Å². The normalized spacial score (nSPS) is 18.7. The lowest BCUT2D eigenvalue weighted by Gasteiger charge is -2.38. The van der Waals surface area contributed by atoms with Crippen LogP contribution in [0.3, 0.4) is 0 Å². The highest BCUT2D eigenvalue weighted by Gasteiger charge is 2.30. The van der Waals surface area contributed by atoms with E-state index in [1.165, 1.54) is 18.7 Å². The van der Waals surface area contributed by atoms with E-state index in [0.29, 0.717) is 16.6 Å². The molecule has 0 saturated carbocycles. The number of nitrogens with zero attached hydrogens (tertiary/aromatic N) is 2. The SMILES string of the molecule is CN1CCCC[C@@H]1C(NC(=O)Nc1cc(F)c2[nH]ncc2c1)c1ccccc1. The number of urea groups is 1. The number of carbonyl (C=O) groups excluding carboxylic acids is 1. The molecule has 0 bridgehead atoms. The van der Waals surface area contributed by atoms with Crippen LogP contribution in [0.25, 0.3) is 10.9 Å². The Labute approximate surface area is 163 Å². The van der Waals surface area contributed by atoms with Gasteiger partial charge in [-0.25, -0.2) is 9.18 Å². The Balaban J connectivity index is 1.54. The maximum Gasteiger partial charge on any atom is 0.319 e. The third kappa shape index (κ3) is 3.84. The van der Waals surface area contributed by atoms with E-state index in [-0.39, 0.29) is 18.1 Å². The third-order valence-electron chi connectivity index (χ3n) is 5.42. The monoisotopic (exact) mass is 381 g/mol. The molecular weight excluding hydrogens is 357 g/mol. The highest BCUT2D eigenvalue weighted by Crippen LogP contribution is 2.28. The van der Waals surface area contributed by atoms with Gasteiger partial charge in [0.25, 0.3) is 0 Å². The van der Waals surface area contributed by atoms with Gasteiger partial charge in [-0.1, -0.05) is 36.8 Å². The summed E-state index contributed by atoms with van der Waals surface area (Å²) in [6.07, 6.45) is 4.87. The predicted octanol–water partition coefficient (Wildman–Crippen LogP) is 4.05. The summed E-state index contributed by atoms with van der Waals surface area (Å²) in [6, 6.07) is 12.7. The molecule has 0 radical (unpaired) electrons. The largest absolute Gasteiger partial charge is 0.329 e. The van der Waals surface area contributed by atoms with Gasteiger partial charge in [-0.05, 0) is 44.1 Å². The van der Waals surface area contributed by atoms with Crippen LogP contribution in [-0.2, 0) is 0 Å². The first kappa shape index (κ1) is 18.4. The minimum atomic E-state index is -0.447. The Morgan fingerprint density at radius 3 is 2.89 bits per heavy atom. The van der Waals surface area contributed by atoms with Crippen LogP contribution in [0.2, 0.25) is 0 Å². The van der Waals surface area contributed by atoms with Gasteiger partial charge >= 0.3 is 6.03 Å². The summed E-state index contributed by atoms with van der Waals surface area (Å²) >= 11 is 0. The van der Waals surface area contributed by atoms with Crippen molar-refractivity contribution in [2.75, 3.05) is 18.9 Å². The fourth-order valence-electron chi connectivity index (χ4n) is 3.98. The number of anilines is 1. The van der Waals surface area contributed by atoms with Crippen LogP contribution in [0.4, 0.5) is 14.9 Å². The van der Waals surface area contributed by atoms with Crippen LogP contribution in [0.1, 0.15) is 30.9 Å². The number of rotatable bonds is 4. The Hall–Kier alpha value is -2.93. The van der Waals surface area contributed by atoms with Gasteiger partial charge < -0.3 is 15.5 Å². The molecule has 1 aliphatic rings. The van der Waals surface area contributed by atoms with E-state index in [1.54, 1.807) is 6.07 Å². The zero-order valence-electron chi connectivity index (χ0n) is 15.8. The van der Waals surface area contributed by atoms with Gasteiger partial charge in [0.1, 0.15) is 5.52 Å². The molecule has 2 aromatic carbocycles. The maximum absolute atomic E-state index is 14.2. The lowest BCUT2D eigenvalue weighted by Crippen LogP contribution is -2.48. The second-order valence-electron chi connectivity index (χ2n) is 7.32. The average Bonchev–Trinajstić information content (AvgIpc) is 3.17. The van der Waals surface area contributed by atoms with Crippen LogP contribution in [0.15, 0.2) is 48.7 Å². The van der Waals surface area contributed by atoms with Crippen LogP contribution in [0.5, 0.6) is 0 Å². The Bertz CT molecular complexity index is 958. The van der Waals surface area contributed by atoms with E-state index < -0.39 is 5.82 Å². The van der Waals surface area contributed by atoms with Crippen LogP contribution in [-0.4, -0.2) is 40.8 Å². The number of H-pyrrole nitrogens is 1. The van der Waals surface area contributed by atoms with E-state index in [4.69, 9.17) is 0 Å². The predicted molar refractivity (Wildman–Crippen MR) is 108 cm³/mol. The van der Waals surface area contributed by atoms with Gasteiger partial charge in [0.15, 0.2) is 5.82 Å². The Morgan fingerprint density at radius 1 is 1.29 bits per heavy atom. The fraction of sp³-hybridized carbons (Fsp3) is 0.333. The van der Waals surface area contributed by atoms with Crippen molar-refractivity contribution in [2.45, 2.75) is 31.3 Å². The summed E-state index contributed by atoms with van der Waals surface area (Å²) in [5, 5.41) is 12.9. The number of hydrogen-bond donors (Lipinski definition) is 3. The summed E-state index contributed by atoms with van der Waals surface area (Å²) in [6.45, 7) is 1.01. The average molecular weight is 381 g/mol. The molecule has 2 amide bonds. The standard InChI is InChI=1S/C21H24FN5O/c1-27-10-6-5-9-18(27)20(14-7-3-2-4-8-14)25-21(28)24-16-11-15-13-23-26-19(15)17(22)12-16/h2-4,7-8,11-13,18,20H,5-6,9-10H2,1H3,(H,23,26)(H2,24,25,28)/t18-,20?/m1/s1. The van der Waals surface area contributed by atoms with Crippen molar-refractivity contribution < 1.29 is 9.18 Å². The molecule has 1 unspecified atom stereocenters. The summed E-state index contributed by atoms with van der Waals surface area (Å²) in [5.74, 6) is -0.447. The second kappa shape index (κ2) is 7.98. The lowest BCUT2D eigenvalue weighted by molar-refractivity contribution is 0.147. The molecule has 6 nitrogen and oxygen atoms in total. The lowest BCUT2D eigenvalue weighted by atomic mass is 9.91. The fourth-order valence-corrected chi connectivity index (χ4v) is 3.98. The zero-order chi connectivity index (χ0) is 19.5. The van der Waals surface area contributed by atoms with Crippen molar-refractivity contribution >= 4 is 22.6 Å². The first-order chi connectivity index (χ1) is 13.6. The van der Waals surface area contributed by atoms with Gasteiger partial charge in [0, 0.05) is 17.1 Å². The van der Waals surface area contributed by atoms with Gasteiger partial charge in [-0.3, -0.25) is 5.10 Å². The molecule has 146 valence electrons. The number of likely N-dealkylation sites (N-methyl/N-ethyl adjacent to an activating group) is 1. The summed E-state index contributed by atoms with van der Waals surface area (Å²) in [7, 11) is 2.10. The number of likely N-dealkylation sites (tertiary alicyclic amines) is 1. The molecule has 0 spiro atoms. The number of halogens is 1. The number of aromatic amines is 1. The van der Waals surface area contributed by atoms with Crippen molar-refractivity contribution in [1.82, 2.24) is 20.4 Å². The van der Waals surface area contributed by atoms with Crippen molar-refractivity contribution in [3.05, 3.63) is 60.0 Å². The first-order valence-electron chi connectivity index (χ1n) is 9.57. The van der Waals surface area contributed by atoms with Crippen molar-refractivity contribution in [3.63, 3.8) is 0 Å². The second-order valence-corrected chi connectivity index (χ2v) is 7.32. The molecule has 1 aliphatic heterocycles. The molecular formula is C21H24FN5O. The first-order valence-corrected chi connectivity index (χ1v) is 9.57. The number of carbonyl (C=O) groups is 1. The van der Waals surface area contributed by atoms with Gasteiger partial charge in [-0.2, -0.15) is 5.10 Å². The summed E-state index contributed by atoms with van der Waals surface area (Å²) < 4.78 is 14.2. The van der Waals surface area contributed by atoms with Gasteiger partial charge in [0.2, 0.25) is 0 Å². The van der Waals surface area contributed by atoms with Crippen LogP contribution >= 0.6 is 0 Å². The minimum Gasteiger partial charge on any atom is -0.329 e. The molecule has 0 aliphatic carbocycles. The molecule has 3 N–H and O–H groups in total. The summed E-state index contributed by atoms with van der Waals surface area (Å²) in [4.78, 5) is 15.0. The number of nitrogens with one attached hydrogen (secondary N) is 3. The number of fused-ring (bicyclic) bond motifs is 1. The zero-order valence-corrected chi connectivity index (χ0v) is 15.8. The van der Waals surface area contributed by atoms with E-state index >= 15 is 0 Å². The highest BCUT2D eigenvalue weighted by molar-refractivity contribution is 5.93. The molecule has 1 aromatic heterocycles. The van der Waals surface area contributed by atoms with Crippen LogP contribution < -0.4 is 10.6 Å². The number of benzene rings is 2. The quantitative estimate of drug-likeness (QED) is 0.638. The van der Waals surface area contributed by atoms with E-state index in [2.05, 4.69) is 32.8 Å². The van der Waals surface area contributed by atoms with E-state index in [1.807, 2.05) is 30.3 Å². The number of piperidine rings is 1. The highest BCUT2D eigenvalue weighted by atomic mass is 19.1. The number of hydrogen-bond acceptors (Lipinski definition) is 3. The summed E-state index contributed by atoms with van der Waals surface area (Å²) in [5.41, 5.74) is 1.79. The maximum atomic E-state index is 14.2. The Kier molecular flexibility index (Phi) is 5.25. The van der Waals surface area contributed by atoms with Crippen LogP contribution in [0, 0.1) is 5.82 Å². The molecule has 2 heterocycles. The molecule has 2 atom stereocenters. The molecule has 3 aromatic rings. The molecule has 7 heteroatoms. The van der Waals surface area contributed by atoms with Crippen molar-refractivity contribution in [2.24, 2.45) is 0 Å². The number of amides is 2. The minimum absolute atomic E-state index is 0.144. The molecule has 4 rings (SSSR count). The van der Waals surface area contributed by atoms with E-state index in [0.717, 1.165) is 24.9 Å². The van der Waals surface area contributed by atoms with Gasteiger partial charge in [0.05, 0.1) is 12.2 Å². The van der Waals surface area contributed by atoms with E-state index in [9.17, 15) is 9.18 Å². The third-order valence-corrected chi connectivity index (χ3v) is 5.42. The molecule has 28 heavy (non-hydrogen) atoms. The number of aromatic nitrogens is 2. The molecule has 1 fully saturated rings. The van der Waals surface area contributed by atoms with Crippen molar-refractivity contribution in [1.29, 1.82) is 0 Å². The smallest absolute Gasteiger partial charge is 0.319 e. The Morgan fingerprint density at radius 2 is 2.11 bits per heavy atom. The molecule has 1 saturated heterocycles. The topological polar surface area (TPSA) is 73.1 Å². The van der Waals surface area contributed by atoms with Crippen molar-refractivity contribution in [3.8, 4) is 0 Å².